The van der Waals surface area contributed by atoms with E-state index in [1.54, 1.807) is 72.8 Å². The van der Waals surface area contributed by atoms with E-state index < -0.39 is 0 Å². The maximum absolute atomic E-state index is 12.6. The van der Waals surface area contributed by atoms with Crippen molar-refractivity contribution in [1.29, 1.82) is 0 Å². The molecule has 0 aliphatic carbocycles. The van der Waals surface area contributed by atoms with Crippen LogP contribution in [0, 0.1) is 0 Å². The van der Waals surface area contributed by atoms with Crippen LogP contribution >= 0.6 is 23.8 Å². The van der Waals surface area contributed by atoms with E-state index in [2.05, 4.69) is 16.0 Å². The molecular formula is C24H22ClN3O3S. The Kier molecular flexibility index (Phi) is 8.19. The molecule has 6 nitrogen and oxygen atoms in total. The van der Waals surface area contributed by atoms with Gasteiger partial charge in [-0.1, -0.05) is 42.8 Å². The third kappa shape index (κ3) is 6.54. The zero-order valence-electron chi connectivity index (χ0n) is 17.4. The average molecular weight is 468 g/mol. The standard InChI is InChI=1S/C24H22ClN3O3S/c1-2-13-31-21-12-4-3-11-20(21)23(30)28-24(32)27-18-9-5-7-16(14-18)22(29)26-19-10-6-8-17(25)15-19/h3-12,14-15H,2,13H2,1H3,(H,26,29)(H2,27,28,30,32). The van der Waals surface area contributed by atoms with Gasteiger partial charge in [-0.15, -0.1) is 0 Å². The molecule has 0 aliphatic heterocycles. The maximum atomic E-state index is 12.6. The lowest BCUT2D eigenvalue weighted by Crippen LogP contribution is -2.34. The van der Waals surface area contributed by atoms with Crippen molar-refractivity contribution < 1.29 is 14.3 Å². The molecule has 0 aromatic heterocycles. The normalized spacial score (nSPS) is 10.2. The lowest BCUT2D eigenvalue weighted by atomic mass is 10.2. The van der Waals surface area contributed by atoms with Gasteiger partial charge >= 0.3 is 0 Å². The summed E-state index contributed by atoms with van der Waals surface area (Å²) in [6.45, 7) is 2.50. The van der Waals surface area contributed by atoms with Crippen molar-refractivity contribution in [3.05, 3.63) is 88.9 Å². The van der Waals surface area contributed by atoms with Crippen molar-refractivity contribution in [2.75, 3.05) is 17.2 Å². The molecule has 3 aromatic carbocycles. The Labute approximate surface area is 196 Å². The predicted molar refractivity (Wildman–Crippen MR) is 132 cm³/mol. The molecule has 0 unspecified atom stereocenters. The number of hydrogen-bond acceptors (Lipinski definition) is 4. The number of benzene rings is 3. The number of carbonyl (C=O) groups excluding carboxylic acids is 2. The number of rotatable bonds is 7. The number of hydrogen-bond donors (Lipinski definition) is 3. The lowest BCUT2D eigenvalue weighted by Gasteiger charge is -2.13. The summed E-state index contributed by atoms with van der Waals surface area (Å²) in [6, 6.07) is 20.6. The number of halogens is 1. The second-order valence-electron chi connectivity index (χ2n) is 6.80. The molecule has 0 atom stereocenters. The summed E-state index contributed by atoms with van der Waals surface area (Å²) in [4.78, 5) is 25.2. The largest absolute Gasteiger partial charge is 0.493 e. The smallest absolute Gasteiger partial charge is 0.261 e. The summed E-state index contributed by atoms with van der Waals surface area (Å²) in [5.41, 5.74) is 1.96. The molecule has 0 bridgehead atoms. The van der Waals surface area contributed by atoms with Gasteiger partial charge in [-0.3, -0.25) is 14.9 Å². The first-order valence-electron chi connectivity index (χ1n) is 9.97. The molecule has 8 heteroatoms. The van der Waals surface area contributed by atoms with Gasteiger partial charge in [0.15, 0.2) is 5.11 Å². The van der Waals surface area contributed by atoms with Gasteiger partial charge in [0, 0.05) is 22.0 Å². The highest BCUT2D eigenvalue weighted by Gasteiger charge is 2.14. The summed E-state index contributed by atoms with van der Waals surface area (Å²) in [6.07, 6.45) is 0.831. The van der Waals surface area contributed by atoms with Gasteiger partial charge < -0.3 is 15.4 Å². The Balaban J connectivity index is 1.63. The fraction of sp³-hybridized carbons (Fsp3) is 0.125. The molecule has 3 aromatic rings. The predicted octanol–water partition coefficient (Wildman–Crippen LogP) is 5.51. The average Bonchev–Trinajstić information content (AvgIpc) is 2.78. The number of amides is 2. The van der Waals surface area contributed by atoms with Crippen LogP contribution in [0.2, 0.25) is 5.02 Å². The molecule has 0 aliphatic rings. The van der Waals surface area contributed by atoms with Crippen molar-refractivity contribution in [3.63, 3.8) is 0 Å². The van der Waals surface area contributed by atoms with Crippen LogP contribution in [-0.2, 0) is 0 Å². The fourth-order valence-corrected chi connectivity index (χ4v) is 3.23. The van der Waals surface area contributed by atoms with Crippen LogP contribution in [0.4, 0.5) is 11.4 Å². The SMILES string of the molecule is CCCOc1ccccc1C(=O)NC(=S)Nc1cccc(C(=O)Nc2cccc(Cl)c2)c1. The second-order valence-corrected chi connectivity index (χ2v) is 7.64. The molecule has 0 spiro atoms. The van der Waals surface area contributed by atoms with Crippen LogP contribution in [0.1, 0.15) is 34.1 Å². The van der Waals surface area contributed by atoms with E-state index in [1.165, 1.54) is 0 Å². The molecule has 0 saturated heterocycles. The molecule has 0 heterocycles. The Hall–Kier alpha value is -3.42. The highest BCUT2D eigenvalue weighted by Crippen LogP contribution is 2.19. The highest BCUT2D eigenvalue weighted by atomic mass is 35.5. The van der Waals surface area contributed by atoms with E-state index >= 15 is 0 Å². The van der Waals surface area contributed by atoms with E-state index in [4.69, 9.17) is 28.6 Å². The van der Waals surface area contributed by atoms with Gasteiger partial charge in [0.1, 0.15) is 5.75 Å². The molecule has 0 fully saturated rings. The van der Waals surface area contributed by atoms with Crippen LogP contribution in [0.5, 0.6) is 5.75 Å². The van der Waals surface area contributed by atoms with E-state index in [0.717, 1.165) is 6.42 Å². The van der Waals surface area contributed by atoms with Crippen LogP contribution in [0.15, 0.2) is 72.8 Å². The summed E-state index contributed by atoms with van der Waals surface area (Å²) in [5, 5.41) is 9.00. The van der Waals surface area contributed by atoms with Gasteiger partial charge in [-0.25, -0.2) is 0 Å². The number of ether oxygens (including phenoxy) is 1. The monoisotopic (exact) mass is 467 g/mol. The third-order valence-electron chi connectivity index (χ3n) is 4.29. The van der Waals surface area contributed by atoms with Crippen LogP contribution in [-0.4, -0.2) is 23.5 Å². The molecule has 164 valence electrons. The molecule has 32 heavy (non-hydrogen) atoms. The van der Waals surface area contributed by atoms with Crippen molar-refractivity contribution in [3.8, 4) is 5.75 Å². The lowest BCUT2D eigenvalue weighted by molar-refractivity contribution is 0.0972. The first-order chi connectivity index (χ1) is 15.5. The Morgan fingerprint density at radius 2 is 1.62 bits per heavy atom. The van der Waals surface area contributed by atoms with E-state index in [-0.39, 0.29) is 16.9 Å². The van der Waals surface area contributed by atoms with Crippen LogP contribution in [0.25, 0.3) is 0 Å². The first-order valence-corrected chi connectivity index (χ1v) is 10.8. The molecular weight excluding hydrogens is 446 g/mol. The van der Waals surface area contributed by atoms with Crippen LogP contribution < -0.4 is 20.7 Å². The molecule has 3 rings (SSSR count). The molecule has 0 radical (unpaired) electrons. The summed E-state index contributed by atoms with van der Waals surface area (Å²) in [5.74, 6) is -0.189. The minimum absolute atomic E-state index is 0.104. The minimum Gasteiger partial charge on any atom is -0.493 e. The Morgan fingerprint density at radius 1 is 0.906 bits per heavy atom. The molecule has 2 amide bonds. The van der Waals surface area contributed by atoms with E-state index in [1.807, 2.05) is 6.92 Å². The van der Waals surface area contributed by atoms with E-state index in [0.29, 0.717) is 39.9 Å². The summed E-state index contributed by atoms with van der Waals surface area (Å²) < 4.78 is 5.63. The van der Waals surface area contributed by atoms with Crippen molar-refractivity contribution in [2.24, 2.45) is 0 Å². The van der Waals surface area contributed by atoms with Gasteiger partial charge in [0.2, 0.25) is 0 Å². The van der Waals surface area contributed by atoms with Gasteiger partial charge in [0.05, 0.1) is 12.2 Å². The zero-order valence-corrected chi connectivity index (χ0v) is 18.9. The molecule has 3 N–H and O–H groups in total. The number of thiocarbonyl (C=S) groups is 1. The summed E-state index contributed by atoms with van der Waals surface area (Å²) >= 11 is 11.2. The van der Waals surface area contributed by atoms with Gasteiger partial charge in [0.25, 0.3) is 11.8 Å². The Morgan fingerprint density at radius 3 is 2.38 bits per heavy atom. The zero-order chi connectivity index (χ0) is 22.9. The quantitative estimate of drug-likeness (QED) is 0.399. The number of nitrogens with one attached hydrogen (secondary N) is 3. The number of carbonyl (C=O) groups is 2. The van der Waals surface area contributed by atoms with Gasteiger partial charge in [-0.2, -0.15) is 0 Å². The summed E-state index contributed by atoms with van der Waals surface area (Å²) in [7, 11) is 0. The van der Waals surface area contributed by atoms with Crippen LogP contribution in [0.3, 0.4) is 0 Å². The number of anilines is 2. The maximum Gasteiger partial charge on any atom is 0.261 e. The van der Waals surface area contributed by atoms with E-state index in [9.17, 15) is 9.59 Å². The third-order valence-corrected chi connectivity index (χ3v) is 4.72. The van der Waals surface area contributed by atoms with Gasteiger partial charge in [-0.05, 0) is 67.2 Å². The van der Waals surface area contributed by atoms with Crippen molar-refractivity contribution >= 4 is 52.1 Å². The molecule has 0 saturated carbocycles. The number of para-hydroxylation sites is 1. The highest BCUT2D eigenvalue weighted by molar-refractivity contribution is 7.80. The van der Waals surface area contributed by atoms with Crippen molar-refractivity contribution in [2.45, 2.75) is 13.3 Å². The Bertz CT molecular complexity index is 1140. The van der Waals surface area contributed by atoms with Crippen molar-refractivity contribution in [1.82, 2.24) is 5.32 Å². The second kappa shape index (κ2) is 11.3. The fourth-order valence-electron chi connectivity index (χ4n) is 2.83. The first kappa shape index (κ1) is 23.2. The topological polar surface area (TPSA) is 79.5 Å². The minimum atomic E-state index is -0.385.